The van der Waals surface area contributed by atoms with E-state index in [1.165, 1.54) is 11.1 Å². The second kappa shape index (κ2) is 7.44. The first-order valence-corrected chi connectivity index (χ1v) is 7.74. The average Bonchev–Trinajstić information content (AvgIpc) is 2.46. The molecule has 2 N–H and O–H groups in total. The molecule has 1 aromatic carbocycles. The minimum atomic E-state index is 0.185. The van der Waals surface area contributed by atoms with Crippen molar-refractivity contribution in [3.63, 3.8) is 0 Å². The van der Waals surface area contributed by atoms with Gasteiger partial charge in [-0.15, -0.1) is 0 Å². The lowest BCUT2D eigenvalue weighted by Crippen LogP contribution is -2.42. The van der Waals surface area contributed by atoms with Gasteiger partial charge in [-0.2, -0.15) is 0 Å². The van der Waals surface area contributed by atoms with Crippen molar-refractivity contribution in [2.45, 2.75) is 51.5 Å². The van der Waals surface area contributed by atoms with Crippen molar-refractivity contribution in [2.75, 3.05) is 13.1 Å². The number of hydrogen-bond acceptors (Lipinski definition) is 2. The molecule has 1 fully saturated rings. The van der Waals surface area contributed by atoms with Gasteiger partial charge in [0.25, 0.3) is 0 Å². The maximum Gasteiger partial charge on any atom is 0.220 e. The first-order valence-electron chi connectivity index (χ1n) is 7.74. The van der Waals surface area contributed by atoms with Gasteiger partial charge in [-0.1, -0.05) is 38.1 Å². The average molecular weight is 274 g/mol. The van der Waals surface area contributed by atoms with E-state index >= 15 is 0 Å². The standard InChI is InChI=1S/C17H26N2O/c1-13(2)15-6-3-14(4-7-15)5-8-17(20)19-16-9-11-18-12-10-16/h3-4,6-7,13,16,18H,5,8-12H2,1-2H3,(H,19,20). The summed E-state index contributed by atoms with van der Waals surface area (Å²) in [7, 11) is 0. The summed E-state index contributed by atoms with van der Waals surface area (Å²) in [5, 5.41) is 6.45. The van der Waals surface area contributed by atoms with E-state index < -0.39 is 0 Å². The van der Waals surface area contributed by atoms with E-state index in [2.05, 4.69) is 48.7 Å². The Labute approximate surface area is 122 Å². The van der Waals surface area contributed by atoms with Gasteiger partial charge in [0.05, 0.1) is 0 Å². The number of benzene rings is 1. The molecule has 0 saturated carbocycles. The van der Waals surface area contributed by atoms with Crippen molar-refractivity contribution in [3.8, 4) is 0 Å². The predicted molar refractivity (Wildman–Crippen MR) is 82.9 cm³/mol. The van der Waals surface area contributed by atoms with Gasteiger partial charge in [0.1, 0.15) is 0 Å². The summed E-state index contributed by atoms with van der Waals surface area (Å²) in [6.07, 6.45) is 3.52. The van der Waals surface area contributed by atoms with Gasteiger partial charge in [-0.05, 0) is 49.4 Å². The predicted octanol–water partition coefficient (Wildman–Crippen LogP) is 2.61. The molecule has 3 nitrogen and oxygen atoms in total. The van der Waals surface area contributed by atoms with Crippen LogP contribution in [-0.2, 0) is 11.2 Å². The molecule has 0 radical (unpaired) electrons. The molecule has 1 saturated heterocycles. The molecular weight excluding hydrogens is 248 g/mol. The van der Waals surface area contributed by atoms with Crippen LogP contribution in [0.5, 0.6) is 0 Å². The number of rotatable bonds is 5. The van der Waals surface area contributed by atoms with E-state index in [9.17, 15) is 4.79 Å². The molecule has 0 spiro atoms. The molecule has 0 atom stereocenters. The fraction of sp³-hybridized carbons (Fsp3) is 0.588. The number of piperidine rings is 1. The van der Waals surface area contributed by atoms with Crippen LogP contribution in [0.3, 0.4) is 0 Å². The first-order chi connectivity index (χ1) is 9.65. The lowest BCUT2D eigenvalue weighted by Gasteiger charge is -2.23. The van der Waals surface area contributed by atoms with Crippen LogP contribution in [0.2, 0.25) is 0 Å². The summed E-state index contributed by atoms with van der Waals surface area (Å²) >= 11 is 0. The lowest BCUT2D eigenvalue weighted by atomic mass is 10.00. The minimum Gasteiger partial charge on any atom is -0.353 e. The fourth-order valence-electron chi connectivity index (χ4n) is 2.59. The number of amides is 1. The summed E-state index contributed by atoms with van der Waals surface area (Å²) in [6, 6.07) is 9.00. The van der Waals surface area contributed by atoms with E-state index in [4.69, 9.17) is 0 Å². The molecule has 1 amide bonds. The summed E-state index contributed by atoms with van der Waals surface area (Å²) < 4.78 is 0. The molecule has 20 heavy (non-hydrogen) atoms. The van der Waals surface area contributed by atoms with Gasteiger partial charge in [0.15, 0.2) is 0 Å². The molecule has 0 unspecified atom stereocenters. The van der Waals surface area contributed by atoms with Gasteiger partial charge in [0.2, 0.25) is 5.91 Å². The molecule has 0 aromatic heterocycles. The number of hydrogen-bond donors (Lipinski definition) is 2. The van der Waals surface area contributed by atoms with Crippen LogP contribution in [0.4, 0.5) is 0 Å². The summed E-state index contributed by atoms with van der Waals surface area (Å²) in [4.78, 5) is 11.9. The lowest BCUT2D eigenvalue weighted by molar-refractivity contribution is -0.121. The Kier molecular flexibility index (Phi) is 5.60. The molecule has 0 aliphatic carbocycles. The molecule has 1 aliphatic rings. The van der Waals surface area contributed by atoms with E-state index in [0.717, 1.165) is 32.4 Å². The quantitative estimate of drug-likeness (QED) is 0.866. The van der Waals surface area contributed by atoms with Crippen LogP contribution in [0, 0.1) is 0 Å². The SMILES string of the molecule is CC(C)c1ccc(CCC(=O)NC2CCNCC2)cc1. The zero-order valence-corrected chi connectivity index (χ0v) is 12.6. The topological polar surface area (TPSA) is 41.1 Å². The van der Waals surface area contributed by atoms with Gasteiger partial charge in [-0.3, -0.25) is 4.79 Å². The van der Waals surface area contributed by atoms with Gasteiger partial charge in [-0.25, -0.2) is 0 Å². The zero-order chi connectivity index (χ0) is 14.4. The van der Waals surface area contributed by atoms with Crippen LogP contribution < -0.4 is 10.6 Å². The Balaban J connectivity index is 1.74. The maximum absolute atomic E-state index is 11.9. The van der Waals surface area contributed by atoms with Crippen LogP contribution in [0.1, 0.15) is 50.2 Å². The van der Waals surface area contributed by atoms with Crippen molar-refractivity contribution in [1.82, 2.24) is 10.6 Å². The second-order valence-electron chi connectivity index (χ2n) is 5.99. The van der Waals surface area contributed by atoms with Gasteiger partial charge >= 0.3 is 0 Å². The second-order valence-corrected chi connectivity index (χ2v) is 5.99. The first kappa shape index (κ1) is 15.0. The molecule has 1 aromatic rings. The largest absolute Gasteiger partial charge is 0.353 e. The van der Waals surface area contributed by atoms with Gasteiger partial charge < -0.3 is 10.6 Å². The van der Waals surface area contributed by atoms with Crippen LogP contribution in [0.15, 0.2) is 24.3 Å². The summed E-state index contributed by atoms with van der Waals surface area (Å²) in [6.45, 7) is 6.42. The van der Waals surface area contributed by atoms with E-state index in [0.29, 0.717) is 18.4 Å². The maximum atomic E-state index is 11.9. The third kappa shape index (κ3) is 4.64. The van der Waals surface area contributed by atoms with Crippen LogP contribution in [0.25, 0.3) is 0 Å². The van der Waals surface area contributed by atoms with Crippen molar-refractivity contribution in [3.05, 3.63) is 35.4 Å². The van der Waals surface area contributed by atoms with Crippen molar-refractivity contribution < 1.29 is 4.79 Å². The van der Waals surface area contributed by atoms with E-state index in [1.807, 2.05) is 0 Å². The van der Waals surface area contributed by atoms with E-state index in [1.54, 1.807) is 0 Å². The van der Waals surface area contributed by atoms with Crippen molar-refractivity contribution >= 4 is 5.91 Å². The number of carbonyl (C=O) groups excluding carboxylic acids is 1. The Morgan fingerprint density at radius 3 is 2.50 bits per heavy atom. The Morgan fingerprint density at radius 2 is 1.90 bits per heavy atom. The molecule has 0 bridgehead atoms. The normalized spacial score (nSPS) is 16.4. The van der Waals surface area contributed by atoms with Crippen molar-refractivity contribution in [2.24, 2.45) is 0 Å². The molecular formula is C17H26N2O. The van der Waals surface area contributed by atoms with Crippen LogP contribution >= 0.6 is 0 Å². The molecule has 110 valence electrons. The zero-order valence-electron chi connectivity index (χ0n) is 12.6. The number of carbonyl (C=O) groups is 1. The molecule has 1 aliphatic heterocycles. The highest BCUT2D eigenvalue weighted by atomic mass is 16.1. The monoisotopic (exact) mass is 274 g/mol. The minimum absolute atomic E-state index is 0.185. The fourth-order valence-corrected chi connectivity index (χ4v) is 2.59. The highest BCUT2D eigenvalue weighted by Crippen LogP contribution is 2.15. The molecule has 1 heterocycles. The molecule has 2 rings (SSSR count). The Morgan fingerprint density at radius 1 is 1.25 bits per heavy atom. The highest BCUT2D eigenvalue weighted by Gasteiger charge is 2.14. The number of nitrogens with one attached hydrogen (secondary N) is 2. The third-order valence-corrected chi connectivity index (χ3v) is 3.99. The Bertz CT molecular complexity index is 419. The van der Waals surface area contributed by atoms with E-state index in [-0.39, 0.29) is 5.91 Å². The van der Waals surface area contributed by atoms with Crippen molar-refractivity contribution in [1.29, 1.82) is 0 Å². The Hall–Kier alpha value is -1.35. The molecule has 3 heteroatoms. The van der Waals surface area contributed by atoms with Gasteiger partial charge in [0, 0.05) is 12.5 Å². The summed E-state index contributed by atoms with van der Waals surface area (Å²) in [5.41, 5.74) is 2.60. The highest BCUT2D eigenvalue weighted by molar-refractivity contribution is 5.76. The third-order valence-electron chi connectivity index (χ3n) is 3.99. The number of aryl methyl sites for hydroxylation is 1. The van der Waals surface area contributed by atoms with Crippen LogP contribution in [-0.4, -0.2) is 25.0 Å². The summed E-state index contributed by atoms with van der Waals surface area (Å²) in [5.74, 6) is 0.747. The smallest absolute Gasteiger partial charge is 0.220 e.